The number of esters is 9. The van der Waals surface area contributed by atoms with Gasteiger partial charge in [-0.2, -0.15) is 0 Å². The number of carbonyl (C=O) groups is 9. The predicted molar refractivity (Wildman–Crippen MR) is 430 cm³/mol. The number of benzene rings is 9. The van der Waals surface area contributed by atoms with E-state index in [-0.39, 0.29) is 68.2 Å². The molecule has 0 aliphatic rings. The summed E-state index contributed by atoms with van der Waals surface area (Å²) in [4.78, 5) is 107. The molecule has 0 amide bonds. The summed E-state index contributed by atoms with van der Waals surface area (Å²) in [5, 5.41) is 0. The minimum atomic E-state index is -0.763. The van der Waals surface area contributed by atoms with E-state index in [1.54, 1.807) is 132 Å². The topological polar surface area (TPSA) is 237 Å². The first-order valence-electron chi connectivity index (χ1n) is 34.7. The van der Waals surface area contributed by atoms with Crippen LogP contribution in [-0.2, 0) is 54.3 Å². The van der Waals surface area contributed by atoms with Gasteiger partial charge >= 0.3 is 53.7 Å². The van der Waals surface area contributed by atoms with Crippen molar-refractivity contribution in [3.05, 3.63) is 315 Å². The quantitative estimate of drug-likeness (QED) is 0.0201. The molecule has 0 aliphatic heterocycles. The van der Waals surface area contributed by atoms with Crippen LogP contribution in [0.1, 0.15) is 74.3 Å². The van der Waals surface area contributed by atoms with Gasteiger partial charge in [0.2, 0.25) is 0 Å². The van der Waals surface area contributed by atoms with Crippen molar-refractivity contribution in [2.75, 3.05) is 6.61 Å². The molecule has 0 aromatic heterocycles. The average molecular weight is 1530 g/mol. The zero-order valence-electron chi connectivity index (χ0n) is 64.0. The van der Waals surface area contributed by atoms with Crippen molar-refractivity contribution in [1.29, 1.82) is 0 Å². The zero-order chi connectivity index (χ0) is 83.1. The minimum Gasteiger partial charge on any atom is -0.462 e. The Kier molecular flexibility index (Phi) is 30.2. The number of carbonyl (C=O) groups excluding carboxylic acids is 9. The molecule has 113 heavy (non-hydrogen) atoms. The largest absolute Gasteiger partial charge is 0.462 e. The number of rotatable bonds is 27. The predicted octanol–water partition coefficient (Wildman–Crippen LogP) is 20.2. The van der Waals surface area contributed by atoms with Crippen LogP contribution in [-0.4, -0.2) is 60.3 Å². The fourth-order valence-electron chi connectivity index (χ4n) is 9.64. The Morgan fingerprint density at radius 3 is 0.867 bits per heavy atom. The lowest BCUT2D eigenvalue weighted by atomic mass is 9.98. The molecular formula is C93H82F2O18. The normalized spacial score (nSPS) is 10.3. The van der Waals surface area contributed by atoms with E-state index in [9.17, 15) is 47.5 Å². The summed E-state index contributed by atoms with van der Waals surface area (Å²) in [5.74, 6) is -5.18. The van der Waals surface area contributed by atoms with Crippen LogP contribution in [0.25, 0.3) is 66.8 Å². The maximum absolute atomic E-state index is 15.5. The summed E-state index contributed by atoms with van der Waals surface area (Å²) in [5.41, 5.74) is 10.3. The van der Waals surface area contributed by atoms with Crippen LogP contribution in [0.5, 0.6) is 46.0 Å². The van der Waals surface area contributed by atoms with E-state index < -0.39 is 53.6 Å². The highest BCUT2D eigenvalue weighted by Crippen LogP contribution is 2.40. The molecule has 0 fully saturated rings. The van der Waals surface area contributed by atoms with Gasteiger partial charge in [0.05, 0.1) is 6.61 Å². The van der Waals surface area contributed by atoms with Crippen LogP contribution in [0.3, 0.4) is 0 Å². The lowest BCUT2D eigenvalue weighted by Gasteiger charge is -2.14. The Morgan fingerprint density at radius 1 is 0.248 bits per heavy atom. The van der Waals surface area contributed by atoms with Gasteiger partial charge in [-0.05, 0) is 210 Å². The van der Waals surface area contributed by atoms with E-state index in [1.165, 1.54) is 76.2 Å². The molecule has 0 atom stereocenters. The molecular weight excluding hydrogens is 1440 g/mol. The molecule has 0 saturated heterocycles. The van der Waals surface area contributed by atoms with E-state index in [0.29, 0.717) is 91.7 Å². The molecule has 0 radical (unpaired) electrons. The molecule has 18 nitrogen and oxygen atoms in total. The van der Waals surface area contributed by atoms with E-state index >= 15 is 4.39 Å². The third-order valence-corrected chi connectivity index (χ3v) is 15.9. The van der Waals surface area contributed by atoms with Crippen LogP contribution in [0.4, 0.5) is 8.78 Å². The van der Waals surface area contributed by atoms with Crippen molar-refractivity contribution in [2.45, 2.75) is 75.2 Å². The highest BCUT2D eigenvalue weighted by molar-refractivity contribution is 5.95. The van der Waals surface area contributed by atoms with Crippen LogP contribution in [0, 0.1) is 11.6 Å². The van der Waals surface area contributed by atoms with Gasteiger partial charge in [-0.15, -0.1) is 0 Å². The number of aryl methyl sites for hydroxylation is 1. The Hall–Kier alpha value is -14.3. The second-order valence-corrected chi connectivity index (χ2v) is 26.1. The van der Waals surface area contributed by atoms with Crippen molar-refractivity contribution in [2.24, 2.45) is 0 Å². The molecule has 9 aromatic rings. The summed E-state index contributed by atoms with van der Waals surface area (Å²) in [6.45, 7) is 46.2. The van der Waals surface area contributed by atoms with E-state index in [2.05, 4.69) is 59.2 Å². The Morgan fingerprint density at radius 2 is 0.496 bits per heavy atom. The summed E-state index contributed by atoms with van der Waals surface area (Å²) in [7, 11) is 0. The van der Waals surface area contributed by atoms with E-state index in [4.69, 9.17) is 42.6 Å². The first kappa shape index (κ1) is 86.0. The molecule has 9 rings (SSSR count). The fraction of sp³-hybridized carbons (Fsp3) is 0.129. The average Bonchev–Trinajstić information content (AvgIpc) is 0.804. The maximum atomic E-state index is 15.5. The SMILES string of the molecule is C=C(C)C(=O)OCCCc1ccc(-c2ccc(-c3ccc(OC(=O)C(=C)C)cc3)c(F)c2)cc1.C=C(C)C(=O)Oc1ccc(-c2ccc(-c3ccc(OC(=O)C(=C)C)c(OC(=O)C(=C)C)c3)c(F)c2)cc1OC(=O)C(=C)C.C=C(C)C(=O)Oc1ccc(-c2ccc(-c3ccc(OC(=O)C(=C)C)cc3)c(OC(=O)C(=C)C)c2)cc1. The Balaban J connectivity index is 0.000000237. The lowest BCUT2D eigenvalue weighted by molar-refractivity contribution is -0.139. The monoisotopic (exact) mass is 1520 g/mol. The molecule has 20 heteroatoms. The molecule has 0 unspecified atom stereocenters. The van der Waals surface area contributed by atoms with Crippen molar-refractivity contribution in [1.82, 2.24) is 0 Å². The van der Waals surface area contributed by atoms with E-state index in [0.717, 1.165) is 39.8 Å². The van der Waals surface area contributed by atoms with Crippen molar-refractivity contribution < 1.29 is 94.6 Å². The van der Waals surface area contributed by atoms with Gasteiger partial charge in [-0.1, -0.05) is 168 Å². The lowest BCUT2D eigenvalue weighted by Crippen LogP contribution is -2.13. The molecule has 0 bridgehead atoms. The van der Waals surface area contributed by atoms with Crippen LogP contribution in [0.15, 0.2) is 297 Å². The molecule has 0 saturated carbocycles. The number of ether oxygens (including phenoxy) is 9. The summed E-state index contributed by atoms with van der Waals surface area (Å²) in [6.07, 6.45) is 1.49. The molecule has 0 spiro atoms. The first-order valence-corrected chi connectivity index (χ1v) is 34.7. The molecule has 0 heterocycles. The number of halogens is 2. The second kappa shape index (κ2) is 39.7. The second-order valence-electron chi connectivity index (χ2n) is 26.1. The van der Waals surface area contributed by atoms with Gasteiger partial charge in [-0.3, -0.25) is 0 Å². The summed E-state index contributed by atoms with van der Waals surface area (Å²) in [6, 6.07) is 51.9. The summed E-state index contributed by atoms with van der Waals surface area (Å²) >= 11 is 0. The standard InChI is InChI=1S/C34H29FO8.C30H26O6.C29H27FO4/c1-18(2)31(36)40-27-13-10-23(16-29(27)42-33(38)20(5)6)22-9-12-25(26(35)15-22)24-11-14-28(41-32(37)19(3)4)30(17-24)43-34(39)21(7)8;1-18(2)28(31)34-24-12-7-21(8-13-24)23-11-16-26(27(17-23)36-30(33)20(5)6)22-9-14-25(15-10-22)35-29(32)19(3)4;1-19(2)28(31)33-17-5-6-21-7-9-22(10-8-21)24-13-16-26(27(30)18-24)23-11-14-25(15-12-23)34-29(32)20(3)4/h9-17H,1,3,5,7H2,2,4,6,8H3;7-17H,1,3,5H2,2,4,6H3;7-16,18H,1,3,5-6,17H2,2,4H3. The summed E-state index contributed by atoms with van der Waals surface area (Å²) < 4.78 is 78.1. The highest BCUT2D eigenvalue weighted by atomic mass is 19.1. The van der Waals surface area contributed by atoms with Crippen molar-refractivity contribution in [3.8, 4) is 113 Å². The van der Waals surface area contributed by atoms with Gasteiger partial charge < -0.3 is 42.6 Å². The van der Waals surface area contributed by atoms with E-state index in [1.807, 2.05) is 42.5 Å². The molecule has 9 aromatic carbocycles. The van der Waals surface area contributed by atoms with Crippen molar-refractivity contribution in [3.63, 3.8) is 0 Å². The van der Waals surface area contributed by atoms with Crippen LogP contribution >= 0.6 is 0 Å². The van der Waals surface area contributed by atoms with Gasteiger partial charge in [0.15, 0.2) is 23.0 Å². The third-order valence-electron chi connectivity index (χ3n) is 15.9. The van der Waals surface area contributed by atoms with Gasteiger partial charge in [-0.25, -0.2) is 51.9 Å². The third kappa shape index (κ3) is 24.9. The maximum Gasteiger partial charge on any atom is 0.338 e. The van der Waals surface area contributed by atoms with Gasteiger partial charge in [0.1, 0.15) is 34.6 Å². The smallest absolute Gasteiger partial charge is 0.338 e. The van der Waals surface area contributed by atoms with Crippen LogP contribution < -0.4 is 37.9 Å². The molecule has 576 valence electrons. The van der Waals surface area contributed by atoms with Gasteiger partial charge in [0.25, 0.3) is 0 Å². The Labute approximate surface area is 654 Å². The highest BCUT2D eigenvalue weighted by Gasteiger charge is 2.22. The molecule has 0 aliphatic carbocycles. The fourth-order valence-corrected chi connectivity index (χ4v) is 9.64. The zero-order valence-corrected chi connectivity index (χ0v) is 64.0. The van der Waals surface area contributed by atoms with Gasteiger partial charge in [0, 0.05) is 66.8 Å². The minimum absolute atomic E-state index is 0.0345. The Bertz CT molecular complexity index is 5330. The van der Waals surface area contributed by atoms with Crippen molar-refractivity contribution >= 4 is 53.7 Å². The number of hydrogen-bond acceptors (Lipinski definition) is 18. The molecule has 0 N–H and O–H groups in total. The first-order chi connectivity index (χ1) is 53.5. The number of hydrogen-bond donors (Lipinski definition) is 0. The van der Waals surface area contributed by atoms with Crippen LogP contribution in [0.2, 0.25) is 0 Å².